The molecule has 148 valence electrons. The van der Waals surface area contributed by atoms with Gasteiger partial charge in [-0.3, -0.25) is 13.8 Å². The quantitative estimate of drug-likeness (QED) is 0.547. The zero-order valence-electron chi connectivity index (χ0n) is 15.4. The molecule has 10 heteroatoms. The average Bonchev–Trinajstić information content (AvgIpc) is 3.27. The van der Waals surface area contributed by atoms with Crippen LogP contribution in [-0.2, 0) is 4.79 Å². The molecule has 0 bridgehead atoms. The van der Waals surface area contributed by atoms with Crippen LogP contribution in [0.15, 0.2) is 35.5 Å². The Bertz CT molecular complexity index is 1300. The summed E-state index contributed by atoms with van der Waals surface area (Å²) in [6, 6.07) is 2.83. The topological polar surface area (TPSA) is 124 Å². The number of hydrogen-bond acceptors (Lipinski definition) is 5. The third-order valence-electron chi connectivity index (χ3n) is 5.62. The summed E-state index contributed by atoms with van der Waals surface area (Å²) >= 11 is 0. The number of nitrogens with two attached hydrogens (primary N) is 1. The standard InChI is InChI=1S/C19H18FN7O2/c20-11-3-6-15-22-8-14(26(15)9-11)17-23-7-13-18(25-17)27(19(29)24-13)12-4-1-10(2-5-12)16(21)28/h3,6-10,12H,1-2,4-5H2,(H2,21,28)(H,24,29). The number of hydrogen-bond donors (Lipinski definition) is 2. The van der Waals surface area contributed by atoms with E-state index >= 15 is 0 Å². The fourth-order valence-corrected chi connectivity index (χ4v) is 4.12. The maximum atomic E-state index is 13.7. The van der Waals surface area contributed by atoms with Gasteiger partial charge in [0.25, 0.3) is 0 Å². The van der Waals surface area contributed by atoms with Crippen LogP contribution in [-0.4, -0.2) is 34.8 Å². The number of primary amides is 1. The molecule has 4 aromatic heterocycles. The number of aromatic amines is 1. The van der Waals surface area contributed by atoms with Crippen molar-refractivity contribution in [3.8, 4) is 11.5 Å². The Balaban J connectivity index is 1.58. The van der Waals surface area contributed by atoms with E-state index in [9.17, 15) is 14.0 Å². The van der Waals surface area contributed by atoms with Crippen molar-refractivity contribution in [1.29, 1.82) is 0 Å². The van der Waals surface area contributed by atoms with Gasteiger partial charge in [-0.2, -0.15) is 0 Å². The maximum absolute atomic E-state index is 13.7. The molecule has 3 N–H and O–H groups in total. The number of fused-ring (bicyclic) bond motifs is 2. The number of carbonyl (C=O) groups is 1. The Morgan fingerprint density at radius 1 is 1.17 bits per heavy atom. The molecule has 4 heterocycles. The van der Waals surface area contributed by atoms with Gasteiger partial charge < -0.3 is 10.7 Å². The van der Waals surface area contributed by atoms with Crippen LogP contribution in [0.5, 0.6) is 0 Å². The van der Waals surface area contributed by atoms with Crippen LogP contribution >= 0.6 is 0 Å². The monoisotopic (exact) mass is 395 g/mol. The van der Waals surface area contributed by atoms with E-state index in [-0.39, 0.29) is 23.6 Å². The molecule has 1 amide bonds. The van der Waals surface area contributed by atoms with Crippen molar-refractivity contribution in [2.45, 2.75) is 31.7 Å². The molecule has 0 aromatic carbocycles. The van der Waals surface area contributed by atoms with Gasteiger partial charge in [0.2, 0.25) is 5.91 Å². The lowest BCUT2D eigenvalue weighted by atomic mass is 9.85. The predicted molar refractivity (Wildman–Crippen MR) is 102 cm³/mol. The number of halogens is 1. The molecule has 0 unspecified atom stereocenters. The number of pyridine rings is 1. The Hall–Kier alpha value is -3.56. The zero-order valence-corrected chi connectivity index (χ0v) is 15.4. The highest BCUT2D eigenvalue weighted by atomic mass is 19.1. The zero-order chi connectivity index (χ0) is 20.1. The van der Waals surface area contributed by atoms with E-state index in [2.05, 4.69) is 19.9 Å². The first kappa shape index (κ1) is 17.5. The fraction of sp³-hybridized carbons (Fsp3) is 0.316. The highest BCUT2D eigenvalue weighted by Gasteiger charge is 2.28. The van der Waals surface area contributed by atoms with E-state index < -0.39 is 5.82 Å². The van der Waals surface area contributed by atoms with E-state index in [1.807, 2.05) is 0 Å². The number of nitrogens with one attached hydrogen (secondary N) is 1. The Kier molecular flexibility index (Phi) is 3.93. The Morgan fingerprint density at radius 3 is 2.72 bits per heavy atom. The highest BCUT2D eigenvalue weighted by Crippen LogP contribution is 2.32. The summed E-state index contributed by atoms with van der Waals surface area (Å²) < 4.78 is 16.9. The van der Waals surface area contributed by atoms with Crippen molar-refractivity contribution in [3.63, 3.8) is 0 Å². The van der Waals surface area contributed by atoms with Gasteiger partial charge in [0, 0.05) is 18.2 Å². The van der Waals surface area contributed by atoms with Crippen LogP contribution < -0.4 is 11.4 Å². The number of carbonyl (C=O) groups excluding carboxylic acids is 1. The summed E-state index contributed by atoms with van der Waals surface area (Å²) in [7, 11) is 0. The van der Waals surface area contributed by atoms with Gasteiger partial charge in [0.15, 0.2) is 11.5 Å². The second-order valence-corrected chi connectivity index (χ2v) is 7.36. The molecule has 0 aliphatic heterocycles. The number of amides is 1. The Labute approximate surface area is 163 Å². The molecule has 4 aromatic rings. The molecule has 1 fully saturated rings. The van der Waals surface area contributed by atoms with E-state index in [4.69, 9.17) is 5.73 Å². The second kappa shape index (κ2) is 6.50. The number of aromatic nitrogens is 6. The largest absolute Gasteiger partial charge is 0.369 e. The van der Waals surface area contributed by atoms with Crippen LogP contribution in [0.3, 0.4) is 0 Å². The molecule has 1 aliphatic carbocycles. The van der Waals surface area contributed by atoms with Gasteiger partial charge in [-0.15, -0.1) is 0 Å². The lowest BCUT2D eigenvalue weighted by Crippen LogP contribution is -2.31. The van der Waals surface area contributed by atoms with Crippen molar-refractivity contribution in [1.82, 2.24) is 28.9 Å². The normalized spacial score (nSPS) is 19.8. The lowest BCUT2D eigenvalue weighted by molar-refractivity contribution is -0.122. The van der Waals surface area contributed by atoms with Crippen molar-refractivity contribution in [2.75, 3.05) is 0 Å². The molecular formula is C19H18FN7O2. The summed E-state index contributed by atoms with van der Waals surface area (Å²) in [6.07, 6.45) is 7.06. The van der Waals surface area contributed by atoms with Gasteiger partial charge in [-0.05, 0) is 37.8 Å². The molecule has 1 saturated carbocycles. The van der Waals surface area contributed by atoms with Crippen molar-refractivity contribution >= 4 is 22.7 Å². The van der Waals surface area contributed by atoms with Gasteiger partial charge in [-0.1, -0.05) is 0 Å². The van der Waals surface area contributed by atoms with E-state index in [0.717, 1.165) is 0 Å². The third kappa shape index (κ3) is 2.87. The van der Waals surface area contributed by atoms with E-state index in [1.54, 1.807) is 27.4 Å². The first-order chi connectivity index (χ1) is 14.0. The van der Waals surface area contributed by atoms with Crippen molar-refractivity contribution in [2.24, 2.45) is 11.7 Å². The lowest BCUT2D eigenvalue weighted by Gasteiger charge is -2.27. The molecule has 5 rings (SSSR count). The molecule has 1 aliphatic rings. The van der Waals surface area contributed by atoms with Crippen LogP contribution in [0, 0.1) is 11.7 Å². The SMILES string of the molecule is NC(=O)C1CCC(n2c(=O)[nH]c3cnc(-c4cnc5ccc(F)cn45)nc32)CC1. The van der Waals surface area contributed by atoms with Crippen LogP contribution in [0.2, 0.25) is 0 Å². The first-order valence-corrected chi connectivity index (χ1v) is 9.41. The third-order valence-corrected chi connectivity index (χ3v) is 5.62. The number of rotatable bonds is 3. The van der Waals surface area contributed by atoms with Gasteiger partial charge in [-0.25, -0.2) is 24.1 Å². The molecular weight excluding hydrogens is 377 g/mol. The Morgan fingerprint density at radius 2 is 1.97 bits per heavy atom. The molecule has 9 nitrogen and oxygen atoms in total. The van der Waals surface area contributed by atoms with E-state index in [0.29, 0.717) is 54.0 Å². The first-order valence-electron chi connectivity index (χ1n) is 9.41. The van der Waals surface area contributed by atoms with Gasteiger partial charge in [0.1, 0.15) is 22.7 Å². The van der Waals surface area contributed by atoms with Crippen LogP contribution in [0.4, 0.5) is 4.39 Å². The van der Waals surface area contributed by atoms with Crippen molar-refractivity contribution < 1.29 is 9.18 Å². The molecule has 0 saturated heterocycles. The highest BCUT2D eigenvalue weighted by molar-refractivity contribution is 5.76. The summed E-state index contributed by atoms with van der Waals surface area (Å²) in [5.41, 5.74) is 7.25. The number of imidazole rings is 2. The summed E-state index contributed by atoms with van der Waals surface area (Å²) in [5, 5.41) is 0. The number of H-pyrrole nitrogens is 1. The molecule has 29 heavy (non-hydrogen) atoms. The van der Waals surface area contributed by atoms with Gasteiger partial charge >= 0.3 is 5.69 Å². The average molecular weight is 395 g/mol. The summed E-state index contributed by atoms with van der Waals surface area (Å²) in [6.45, 7) is 0. The van der Waals surface area contributed by atoms with Crippen molar-refractivity contribution in [3.05, 3.63) is 47.0 Å². The fourth-order valence-electron chi connectivity index (χ4n) is 4.12. The van der Waals surface area contributed by atoms with E-state index in [1.165, 1.54) is 12.3 Å². The summed E-state index contributed by atoms with van der Waals surface area (Å²) in [4.78, 5) is 40.0. The molecule has 0 spiro atoms. The minimum atomic E-state index is -0.400. The molecule has 0 radical (unpaired) electrons. The predicted octanol–water partition coefficient (Wildman–Crippen LogP) is 1.79. The van der Waals surface area contributed by atoms with Gasteiger partial charge in [0.05, 0.1) is 12.4 Å². The minimum absolute atomic E-state index is 0.0748. The minimum Gasteiger partial charge on any atom is -0.369 e. The van der Waals surface area contributed by atoms with Crippen LogP contribution in [0.25, 0.3) is 28.3 Å². The number of nitrogens with zero attached hydrogens (tertiary/aromatic N) is 5. The molecule has 0 atom stereocenters. The summed E-state index contributed by atoms with van der Waals surface area (Å²) in [5.74, 6) is -0.499. The maximum Gasteiger partial charge on any atom is 0.327 e. The van der Waals surface area contributed by atoms with Crippen LogP contribution in [0.1, 0.15) is 31.7 Å². The second-order valence-electron chi connectivity index (χ2n) is 7.36. The smallest absolute Gasteiger partial charge is 0.327 e.